The van der Waals surface area contributed by atoms with Gasteiger partial charge in [-0.2, -0.15) is 0 Å². The molecule has 0 aliphatic carbocycles. The van der Waals surface area contributed by atoms with Crippen LogP contribution >= 0.6 is 11.6 Å². The molecule has 3 aromatic heterocycles. The van der Waals surface area contributed by atoms with E-state index in [0.717, 1.165) is 11.3 Å². The van der Waals surface area contributed by atoms with Gasteiger partial charge in [-0.05, 0) is 42.8 Å². The van der Waals surface area contributed by atoms with E-state index in [9.17, 15) is 14.4 Å². The van der Waals surface area contributed by atoms with Crippen LogP contribution in [0.1, 0.15) is 36.1 Å². The molecule has 10 heteroatoms. The molecule has 0 saturated heterocycles. The third kappa shape index (κ3) is 4.06. The van der Waals surface area contributed by atoms with E-state index in [-0.39, 0.29) is 23.8 Å². The minimum atomic E-state index is -0.778. The number of aromatic amines is 1. The van der Waals surface area contributed by atoms with Crippen molar-refractivity contribution in [1.82, 2.24) is 9.55 Å². The molecule has 4 rings (SSSR count). The van der Waals surface area contributed by atoms with Crippen LogP contribution in [0.4, 0.5) is 11.5 Å². The number of carbonyl (C=O) groups is 1. The van der Waals surface area contributed by atoms with Gasteiger partial charge in [-0.25, -0.2) is 4.79 Å². The highest BCUT2D eigenvalue weighted by molar-refractivity contribution is 6.31. The Labute approximate surface area is 187 Å². The third-order valence-corrected chi connectivity index (χ3v) is 5.28. The van der Waals surface area contributed by atoms with E-state index in [0.29, 0.717) is 34.7 Å². The molecule has 0 aliphatic rings. The van der Waals surface area contributed by atoms with Crippen LogP contribution in [0.25, 0.3) is 11.0 Å². The summed E-state index contributed by atoms with van der Waals surface area (Å²) in [6, 6.07) is 9.83. The number of nitrogens with one attached hydrogen (secondary N) is 1. The number of halogens is 1. The van der Waals surface area contributed by atoms with Gasteiger partial charge in [-0.3, -0.25) is 24.0 Å². The van der Waals surface area contributed by atoms with Crippen LogP contribution in [0, 0.1) is 0 Å². The summed E-state index contributed by atoms with van der Waals surface area (Å²) in [5.74, 6) is -0.320. The molecule has 0 aliphatic heterocycles. The first-order valence-electron chi connectivity index (χ1n) is 10.0. The molecule has 166 valence electrons. The lowest BCUT2D eigenvalue weighted by atomic mass is 10.2. The molecule has 0 radical (unpaired) electrons. The number of unbranched alkanes of at least 4 members (excludes halogenated alkanes) is 1. The topological polar surface area (TPSA) is 127 Å². The molecule has 32 heavy (non-hydrogen) atoms. The van der Waals surface area contributed by atoms with Crippen LogP contribution < -0.4 is 21.9 Å². The number of aromatic nitrogens is 2. The maximum atomic E-state index is 13.5. The number of nitrogens with two attached hydrogens (primary N) is 1. The van der Waals surface area contributed by atoms with E-state index in [1.807, 2.05) is 6.92 Å². The predicted molar refractivity (Wildman–Crippen MR) is 121 cm³/mol. The lowest BCUT2D eigenvalue weighted by Crippen LogP contribution is -2.40. The summed E-state index contributed by atoms with van der Waals surface area (Å²) in [6.45, 7) is 2.17. The molecule has 0 fully saturated rings. The van der Waals surface area contributed by atoms with Gasteiger partial charge in [0.1, 0.15) is 17.2 Å². The Hall–Kier alpha value is -3.72. The molecule has 4 aromatic rings. The van der Waals surface area contributed by atoms with E-state index in [4.69, 9.17) is 26.2 Å². The average Bonchev–Trinajstić information content (AvgIpc) is 3.41. The van der Waals surface area contributed by atoms with Gasteiger partial charge in [0.25, 0.3) is 11.5 Å². The second-order valence-corrected chi connectivity index (χ2v) is 7.70. The third-order valence-electron chi connectivity index (χ3n) is 5.05. The Morgan fingerprint density at radius 3 is 2.78 bits per heavy atom. The summed E-state index contributed by atoms with van der Waals surface area (Å²) in [7, 11) is 0. The fraction of sp³-hybridized carbons (Fsp3) is 0.227. The lowest BCUT2D eigenvalue weighted by molar-refractivity contribution is 0.0958. The molecule has 1 aromatic carbocycles. The van der Waals surface area contributed by atoms with Crippen molar-refractivity contribution < 1.29 is 13.6 Å². The van der Waals surface area contributed by atoms with Gasteiger partial charge in [-0.1, -0.05) is 24.9 Å². The molecular formula is C22H21ClN4O5. The van der Waals surface area contributed by atoms with Crippen molar-refractivity contribution in [2.45, 2.75) is 32.9 Å². The van der Waals surface area contributed by atoms with Crippen LogP contribution in [-0.4, -0.2) is 15.5 Å². The summed E-state index contributed by atoms with van der Waals surface area (Å²) >= 11 is 6.03. The number of benzene rings is 1. The number of hydrogen-bond donors (Lipinski definition) is 2. The molecule has 0 atom stereocenters. The first-order chi connectivity index (χ1) is 15.4. The van der Waals surface area contributed by atoms with Crippen LogP contribution in [0.3, 0.4) is 0 Å². The van der Waals surface area contributed by atoms with E-state index in [1.165, 1.54) is 16.9 Å². The first kappa shape index (κ1) is 21.5. The Bertz CT molecular complexity index is 1380. The Balaban J connectivity index is 1.84. The molecule has 1 amide bonds. The fourth-order valence-corrected chi connectivity index (χ4v) is 3.62. The number of nitrogens with zero attached hydrogens (tertiary/aromatic N) is 2. The minimum Gasteiger partial charge on any atom is -0.467 e. The number of rotatable bonds is 7. The second-order valence-electron chi connectivity index (χ2n) is 7.26. The standard InChI is InChI=1S/C22H21ClN4O5/c1-2-3-8-26-19(24)18(20(28)25-22(26)30)27(12-15-5-4-9-31-15)21(29)17-11-13-10-14(23)6-7-16(13)32-17/h4-7,9-11H,2-3,8,12,24H2,1H3,(H,25,28,30). The molecule has 3 N–H and O–H groups in total. The lowest BCUT2D eigenvalue weighted by Gasteiger charge is -2.23. The van der Waals surface area contributed by atoms with Gasteiger partial charge in [0, 0.05) is 17.0 Å². The van der Waals surface area contributed by atoms with Crippen molar-refractivity contribution in [2.24, 2.45) is 0 Å². The Morgan fingerprint density at radius 2 is 2.06 bits per heavy atom. The smallest absolute Gasteiger partial charge is 0.330 e. The number of hydrogen-bond acceptors (Lipinski definition) is 6. The highest BCUT2D eigenvalue weighted by Crippen LogP contribution is 2.27. The fourth-order valence-electron chi connectivity index (χ4n) is 3.44. The molecule has 0 spiro atoms. The van der Waals surface area contributed by atoms with E-state index in [2.05, 4.69) is 4.98 Å². The molecular weight excluding hydrogens is 436 g/mol. The van der Waals surface area contributed by atoms with Crippen molar-refractivity contribution in [1.29, 1.82) is 0 Å². The number of H-pyrrole nitrogens is 1. The highest BCUT2D eigenvalue weighted by atomic mass is 35.5. The van der Waals surface area contributed by atoms with Gasteiger partial charge in [-0.15, -0.1) is 0 Å². The zero-order chi connectivity index (χ0) is 22.8. The van der Waals surface area contributed by atoms with Crippen LogP contribution in [0.5, 0.6) is 0 Å². The van der Waals surface area contributed by atoms with Crippen molar-refractivity contribution in [3.8, 4) is 0 Å². The van der Waals surface area contributed by atoms with Crippen LogP contribution in [0.2, 0.25) is 5.02 Å². The normalized spacial score (nSPS) is 11.2. The number of amides is 1. The zero-order valence-electron chi connectivity index (χ0n) is 17.3. The minimum absolute atomic E-state index is 0.0149. The van der Waals surface area contributed by atoms with E-state index >= 15 is 0 Å². The summed E-state index contributed by atoms with van der Waals surface area (Å²) in [5.41, 5.74) is 5.14. The predicted octanol–water partition coefficient (Wildman–Crippen LogP) is 3.76. The van der Waals surface area contributed by atoms with Crippen molar-refractivity contribution in [3.05, 3.63) is 80.0 Å². The van der Waals surface area contributed by atoms with Gasteiger partial charge in [0.2, 0.25) is 0 Å². The van der Waals surface area contributed by atoms with Gasteiger partial charge in [0.15, 0.2) is 11.4 Å². The van der Waals surface area contributed by atoms with Crippen LogP contribution in [-0.2, 0) is 13.1 Å². The number of nitrogen functional groups attached to an aromatic ring is 1. The molecule has 0 bridgehead atoms. The average molecular weight is 457 g/mol. The highest BCUT2D eigenvalue weighted by Gasteiger charge is 2.28. The molecule has 0 saturated carbocycles. The number of anilines is 2. The maximum Gasteiger partial charge on any atom is 0.330 e. The zero-order valence-corrected chi connectivity index (χ0v) is 18.0. The maximum absolute atomic E-state index is 13.5. The molecule has 9 nitrogen and oxygen atoms in total. The van der Waals surface area contributed by atoms with Crippen molar-refractivity contribution >= 4 is 40.0 Å². The number of fused-ring (bicyclic) bond motifs is 1. The van der Waals surface area contributed by atoms with Crippen molar-refractivity contribution in [2.75, 3.05) is 10.6 Å². The van der Waals surface area contributed by atoms with E-state index < -0.39 is 17.2 Å². The summed E-state index contributed by atoms with van der Waals surface area (Å²) in [4.78, 5) is 42.0. The second kappa shape index (κ2) is 8.80. The van der Waals surface area contributed by atoms with E-state index in [1.54, 1.807) is 30.3 Å². The number of furan rings is 2. The quantitative estimate of drug-likeness (QED) is 0.435. The van der Waals surface area contributed by atoms with Gasteiger partial charge < -0.3 is 14.6 Å². The molecule has 0 unspecified atom stereocenters. The SMILES string of the molecule is CCCCn1c(N)c(N(Cc2ccco2)C(=O)c2cc3cc(Cl)ccc3o2)c(=O)[nH]c1=O. The largest absolute Gasteiger partial charge is 0.467 e. The van der Waals surface area contributed by atoms with Crippen molar-refractivity contribution in [3.63, 3.8) is 0 Å². The Morgan fingerprint density at radius 1 is 1.25 bits per heavy atom. The number of carbonyl (C=O) groups excluding carboxylic acids is 1. The monoisotopic (exact) mass is 456 g/mol. The molecule has 3 heterocycles. The summed E-state index contributed by atoms with van der Waals surface area (Å²) in [6.07, 6.45) is 2.94. The summed E-state index contributed by atoms with van der Waals surface area (Å²) in [5, 5.41) is 1.13. The van der Waals surface area contributed by atoms with Gasteiger partial charge in [0.05, 0.1) is 12.8 Å². The van der Waals surface area contributed by atoms with Crippen LogP contribution in [0.15, 0.2) is 61.1 Å². The Kier molecular flexibility index (Phi) is 5.91. The summed E-state index contributed by atoms with van der Waals surface area (Å²) < 4.78 is 12.3. The van der Waals surface area contributed by atoms with Gasteiger partial charge >= 0.3 is 5.69 Å². The first-order valence-corrected chi connectivity index (χ1v) is 10.4.